The van der Waals surface area contributed by atoms with Gasteiger partial charge in [0.05, 0.1) is 30.8 Å². The molecule has 0 spiro atoms. The van der Waals surface area contributed by atoms with Gasteiger partial charge in [-0.15, -0.1) is 0 Å². The van der Waals surface area contributed by atoms with Crippen LogP contribution < -0.4 is 20.5 Å². The van der Waals surface area contributed by atoms with Gasteiger partial charge in [-0.05, 0) is 30.7 Å². The lowest BCUT2D eigenvalue weighted by Gasteiger charge is -2.18. The molecule has 1 atom stereocenters. The maximum Gasteiger partial charge on any atom is 0.250 e. The van der Waals surface area contributed by atoms with Crippen molar-refractivity contribution in [2.45, 2.75) is 13.0 Å². The van der Waals surface area contributed by atoms with Gasteiger partial charge in [0.2, 0.25) is 5.91 Å². The highest BCUT2D eigenvalue weighted by Crippen LogP contribution is 2.31. The highest BCUT2D eigenvalue weighted by atomic mass is 35.5. The van der Waals surface area contributed by atoms with Gasteiger partial charge in [-0.25, -0.2) is 4.98 Å². The number of hydrogen-bond donors (Lipinski definition) is 2. The van der Waals surface area contributed by atoms with Crippen molar-refractivity contribution in [3.63, 3.8) is 0 Å². The van der Waals surface area contributed by atoms with Gasteiger partial charge in [-0.2, -0.15) is 0 Å². The number of halogens is 1. The van der Waals surface area contributed by atoms with Gasteiger partial charge in [0.15, 0.2) is 11.5 Å². The second-order valence-corrected chi connectivity index (χ2v) is 5.31. The molecule has 6 nitrogen and oxygen atoms in total. The molecule has 0 unspecified atom stereocenters. The van der Waals surface area contributed by atoms with Crippen LogP contribution >= 0.6 is 11.6 Å². The number of pyridine rings is 1. The Kier molecular flexibility index (Phi) is 5.28. The Hall–Kier alpha value is -2.47. The molecule has 1 heterocycles. The van der Waals surface area contributed by atoms with Crippen LogP contribution in [0.1, 0.15) is 28.9 Å². The molecular formula is C16H18ClN3O3. The first kappa shape index (κ1) is 16.9. The average molecular weight is 336 g/mol. The molecule has 0 radical (unpaired) electrons. The zero-order chi connectivity index (χ0) is 17.0. The molecule has 7 heteroatoms. The fraction of sp³-hybridized carbons (Fsp3) is 0.250. The molecule has 23 heavy (non-hydrogen) atoms. The second-order valence-electron chi connectivity index (χ2n) is 4.90. The molecule has 1 aromatic heterocycles. The van der Waals surface area contributed by atoms with Crippen LogP contribution in [0.25, 0.3) is 0 Å². The first-order valence-electron chi connectivity index (χ1n) is 6.90. The summed E-state index contributed by atoms with van der Waals surface area (Å²) in [5, 5.41) is 3.52. The Morgan fingerprint density at radius 1 is 1.26 bits per heavy atom. The average Bonchev–Trinajstić information content (AvgIpc) is 2.55. The first-order chi connectivity index (χ1) is 11.0. The molecule has 0 saturated heterocycles. The first-order valence-corrected chi connectivity index (χ1v) is 7.28. The maximum absolute atomic E-state index is 11.1. The van der Waals surface area contributed by atoms with E-state index < -0.39 is 5.91 Å². The third-order valence-corrected chi connectivity index (χ3v) is 3.67. The number of rotatable bonds is 6. The van der Waals surface area contributed by atoms with Crippen LogP contribution in [0, 0.1) is 0 Å². The van der Waals surface area contributed by atoms with Gasteiger partial charge in [0.25, 0.3) is 0 Å². The molecule has 122 valence electrons. The minimum atomic E-state index is -0.570. The van der Waals surface area contributed by atoms with E-state index in [0.717, 1.165) is 5.56 Å². The third kappa shape index (κ3) is 3.84. The Labute approximate surface area is 139 Å². The topological polar surface area (TPSA) is 86.5 Å². The molecule has 0 saturated carbocycles. The number of nitrogens with two attached hydrogens (primary N) is 1. The summed E-state index contributed by atoms with van der Waals surface area (Å²) in [4.78, 5) is 15.3. The summed E-state index contributed by atoms with van der Waals surface area (Å²) in [7, 11) is 3.17. The summed E-state index contributed by atoms with van der Waals surface area (Å²) >= 11 is 6.13. The van der Waals surface area contributed by atoms with Crippen molar-refractivity contribution in [1.82, 2.24) is 4.98 Å². The quantitative estimate of drug-likeness (QED) is 0.847. The molecule has 3 N–H and O–H groups in total. The summed E-state index contributed by atoms with van der Waals surface area (Å²) in [6, 6.07) is 7.03. The standard InChI is InChI=1S/C16H18ClN3O3/c1-9(10-4-5-13(22-2)14(7-10)23-3)20-16-12(17)6-11(8-19-16)15(18)21/h4-9H,1-3H3,(H2,18,21)(H,19,20)/t9-/m1/s1. The van der Waals surface area contributed by atoms with E-state index in [0.29, 0.717) is 22.3 Å². The highest BCUT2D eigenvalue weighted by Gasteiger charge is 2.13. The molecule has 1 amide bonds. The van der Waals surface area contributed by atoms with Gasteiger partial charge in [0, 0.05) is 6.20 Å². The van der Waals surface area contributed by atoms with E-state index >= 15 is 0 Å². The summed E-state index contributed by atoms with van der Waals surface area (Å²) in [5.41, 5.74) is 6.44. The highest BCUT2D eigenvalue weighted by molar-refractivity contribution is 6.33. The van der Waals surface area contributed by atoms with E-state index in [-0.39, 0.29) is 11.6 Å². The van der Waals surface area contributed by atoms with Crippen molar-refractivity contribution >= 4 is 23.3 Å². The minimum absolute atomic E-state index is 0.0840. The summed E-state index contributed by atoms with van der Waals surface area (Å²) in [6.07, 6.45) is 1.39. The fourth-order valence-electron chi connectivity index (χ4n) is 2.09. The number of nitrogens with zero attached hydrogens (tertiary/aromatic N) is 1. The van der Waals surface area contributed by atoms with E-state index in [9.17, 15) is 4.79 Å². The number of carbonyl (C=O) groups is 1. The van der Waals surface area contributed by atoms with Gasteiger partial charge in [-0.3, -0.25) is 4.79 Å². The number of aromatic nitrogens is 1. The van der Waals surface area contributed by atoms with Crippen LogP contribution in [-0.4, -0.2) is 25.1 Å². The molecule has 0 bridgehead atoms. The Morgan fingerprint density at radius 3 is 2.52 bits per heavy atom. The predicted octanol–water partition coefficient (Wildman–Crippen LogP) is 3.02. The molecule has 0 fully saturated rings. The van der Waals surface area contributed by atoms with Gasteiger partial charge in [0.1, 0.15) is 5.82 Å². The predicted molar refractivity (Wildman–Crippen MR) is 89.3 cm³/mol. The molecule has 0 aliphatic rings. The number of hydrogen-bond acceptors (Lipinski definition) is 5. The molecular weight excluding hydrogens is 318 g/mol. The van der Waals surface area contributed by atoms with E-state index in [4.69, 9.17) is 26.8 Å². The van der Waals surface area contributed by atoms with Crippen LogP contribution in [0.3, 0.4) is 0 Å². The number of methoxy groups -OCH3 is 2. The number of anilines is 1. The number of carbonyl (C=O) groups excluding carboxylic acids is 1. The summed E-state index contributed by atoms with van der Waals surface area (Å²) in [5.74, 6) is 1.20. The van der Waals surface area contributed by atoms with Crippen LogP contribution in [0.5, 0.6) is 11.5 Å². The van der Waals surface area contributed by atoms with Crippen molar-refractivity contribution in [2.75, 3.05) is 19.5 Å². The van der Waals surface area contributed by atoms with E-state index in [1.165, 1.54) is 12.3 Å². The lowest BCUT2D eigenvalue weighted by Crippen LogP contribution is -2.13. The zero-order valence-electron chi connectivity index (χ0n) is 13.1. The minimum Gasteiger partial charge on any atom is -0.493 e. The largest absolute Gasteiger partial charge is 0.493 e. The number of benzene rings is 1. The van der Waals surface area contributed by atoms with Crippen LogP contribution in [0.2, 0.25) is 5.02 Å². The van der Waals surface area contributed by atoms with Crippen molar-refractivity contribution in [2.24, 2.45) is 5.73 Å². The van der Waals surface area contributed by atoms with Crippen molar-refractivity contribution < 1.29 is 14.3 Å². The van der Waals surface area contributed by atoms with Gasteiger partial charge >= 0.3 is 0 Å². The normalized spacial score (nSPS) is 11.7. The third-order valence-electron chi connectivity index (χ3n) is 3.39. The lowest BCUT2D eigenvalue weighted by molar-refractivity contribution is 0.1000. The lowest BCUT2D eigenvalue weighted by atomic mass is 10.1. The summed E-state index contributed by atoms with van der Waals surface area (Å²) < 4.78 is 10.5. The zero-order valence-corrected chi connectivity index (χ0v) is 13.8. The Balaban J connectivity index is 2.22. The van der Waals surface area contributed by atoms with E-state index in [1.807, 2.05) is 25.1 Å². The van der Waals surface area contributed by atoms with Crippen molar-refractivity contribution in [1.29, 1.82) is 0 Å². The van der Waals surface area contributed by atoms with Gasteiger partial charge in [-0.1, -0.05) is 17.7 Å². The molecule has 1 aromatic carbocycles. The number of primary amides is 1. The van der Waals surface area contributed by atoms with E-state index in [2.05, 4.69) is 10.3 Å². The number of nitrogens with one attached hydrogen (secondary N) is 1. The van der Waals surface area contributed by atoms with Crippen LogP contribution in [0.4, 0.5) is 5.82 Å². The molecule has 0 aliphatic carbocycles. The fourth-order valence-corrected chi connectivity index (χ4v) is 2.31. The number of ether oxygens (including phenoxy) is 2. The SMILES string of the molecule is COc1ccc([C@@H](C)Nc2ncc(C(N)=O)cc2Cl)cc1OC. The molecule has 2 rings (SSSR count). The van der Waals surface area contributed by atoms with Crippen LogP contribution in [0.15, 0.2) is 30.5 Å². The van der Waals surface area contributed by atoms with Gasteiger partial charge < -0.3 is 20.5 Å². The Bertz CT molecular complexity index is 722. The second kappa shape index (κ2) is 7.19. The molecule has 2 aromatic rings. The smallest absolute Gasteiger partial charge is 0.250 e. The molecule has 0 aliphatic heterocycles. The maximum atomic E-state index is 11.1. The van der Waals surface area contributed by atoms with E-state index in [1.54, 1.807) is 14.2 Å². The number of amides is 1. The summed E-state index contributed by atoms with van der Waals surface area (Å²) in [6.45, 7) is 1.96. The Morgan fingerprint density at radius 2 is 1.96 bits per heavy atom. The van der Waals surface area contributed by atoms with Crippen LogP contribution in [-0.2, 0) is 0 Å². The van der Waals surface area contributed by atoms with Crippen molar-refractivity contribution in [3.05, 3.63) is 46.6 Å². The van der Waals surface area contributed by atoms with Crippen molar-refractivity contribution in [3.8, 4) is 11.5 Å². The monoisotopic (exact) mass is 335 g/mol.